The van der Waals surface area contributed by atoms with Gasteiger partial charge in [-0.2, -0.15) is 24.4 Å². The van der Waals surface area contributed by atoms with Gasteiger partial charge in [-0.25, -0.2) is 4.79 Å². The van der Waals surface area contributed by atoms with Gasteiger partial charge in [0.05, 0.1) is 12.5 Å². The lowest BCUT2D eigenvalue weighted by Gasteiger charge is -2.26. The van der Waals surface area contributed by atoms with Crippen LogP contribution in [0.1, 0.15) is 26.7 Å². The van der Waals surface area contributed by atoms with E-state index in [2.05, 4.69) is 28.6 Å². The minimum absolute atomic E-state index is 0.145. The second-order valence-corrected chi connectivity index (χ2v) is 8.28. The van der Waals surface area contributed by atoms with Gasteiger partial charge in [0, 0.05) is 5.75 Å². The summed E-state index contributed by atoms with van der Waals surface area (Å²) in [4.78, 5) is 59.8. The second-order valence-electron chi connectivity index (χ2n) is 6.93. The van der Waals surface area contributed by atoms with Gasteiger partial charge in [-0.3, -0.25) is 19.2 Å². The van der Waals surface area contributed by atoms with Crippen LogP contribution in [0.5, 0.6) is 0 Å². The van der Waals surface area contributed by atoms with Crippen LogP contribution < -0.4 is 27.4 Å². The number of carbonyl (C=O) groups excluding carboxylic acids is 4. The number of carboxylic acid groups (broad SMARTS) is 1. The van der Waals surface area contributed by atoms with Gasteiger partial charge in [-0.1, -0.05) is 13.8 Å². The summed E-state index contributed by atoms with van der Waals surface area (Å²) in [6, 6.07) is -4.56. The van der Waals surface area contributed by atoms with Gasteiger partial charge in [0.25, 0.3) is 0 Å². The molecule has 13 heteroatoms. The molecule has 0 radical (unpaired) electrons. The summed E-state index contributed by atoms with van der Waals surface area (Å²) < 4.78 is 0. The lowest BCUT2D eigenvalue weighted by atomic mass is 10.0. The number of carbonyl (C=O) groups is 5. The molecule has 0 saturated carbocycles. The van der Waals surface area contributed by atoms with Gasteiger partial charge in [0.2, 0.25) is 23.6 Å². The Balaban J connectivity index is 5.31. The van der Waals surface area contributed by atoms with E-state index in [0.717, 1.165) is 0 Å². The maximum Gasteiger partial charge on any atom is 0.327 e. The van der Waals surface area contributed by atoms with Crippen LogP contribution in [0.4, 0.5) is 0 Å². The number of carboxylic acids is 1. The maximum absolute atomic E-state index is 12.7. The number of thioether (sulfide) groups is 1. The molecule has 0 heterocycles. The molecular formula is C17H31N5O6S2. The molecule has 4 amide bonds. The molecule has 4 atom stereocenters. The van der Waals surface area contributed by atoms with Crippen molar-refractivity contribution >= 4 is 54.0 Å². The Labute approximate surface area is 185 Å². The first kappa shape index (κ1) is 28.0. The lowest BCUT2D eigenvalue weighted by Crippen LogP contribution is -2.59. The number of nitrogens with two attached hydrogens (primary N) is 2. The molecule has 0 aromatic carbocycles. The fourth-order valence-electron chi connectivity index (χ4n) is 2.30. The van der Waals surface area contributed by atoms with Crippen LogP contribution in [0.2, 0.25) is 0 Å². The minimum Gasteiger partial charge on any atom is -0.480 e. The van der Waals surface area contributed by atoms with Crippen molar-refractivity contribution in [3.05, 3.63) is 0 Å². The molecule has 11 nitrogen and oxygen atoms in total. The van der Waals surface area contributed by atoms with Crippen molar-refractivity contribution in [2.45, 2.75) is 50.9 Å². The zero-order chi connectivity index (χ0) is 23.4. The minimum atomic E-state index is -1.33. The highest BCUT2D eigenvalue weighted by molar-refractivity contribution is 7.98. The summed E-state index contributed by atoms with van der Waals surface area (Å²) in [5.74, 6) is -4.22. The Morgan fingerprint density at radius 3 is 2.00 bits per heavy atom. The summed E-state index contributed by atoms with van der Waals surface area (Å²) in [5, 5.41) is 16.2. The highest BCUT2D eigenvalue weighted by atomic mass is 32.2. The zero-order valence-electron chi connectivity index (χ0n) is 17.2. The number of hydrogen-bond donors (Lipinski definition) is 7. The molecule has 8 N–H and O–H groups in total. The van der Waals surface area contributed by atoms with Crippen molar-refractivity contribution in [1.29, 1.82) is 0 Å². The van der Waals surface area contributed by atoms with Gasteiger partial charge in [-0.05, 0) is 24.3 Å². The molecule has 4 unspecified atom stereocenters. The number of rotatable bonds is 14. The first-order chi connectivity index (χ1) is 13.9. The van der Waals surface area contributed by atoms with Gasteiger partial charge in [-0.15, -0.1) is 0 Å². The summed E-state index contributed by atoms with van der Waals surface area (Å²) in [6.07, 6.45) is 1.73. The summed E-state index contributed by atoms with van der Waals surface area (Å²) >= 11 is 5.38. The largest absolute Gasteiger partial charge is 0.480 e. The average molecular weight is 466 g/mol. The highest BCUT2D eigenvalue weighted by Crippen LogP contribution is 2.06. The van der Waals surface area contributed by atoms with E-state index in [1.165, 1.54) is 11.8 Å². The number of nitrogens with one attached hydrogen (secondary N) is 3. The third kappa shape index (κ3) is 10.2. The molecule has 0 aliphatic heterocycles. The molecule has 0 fully saturated rings. The van der Waals surface area contributed by atoms with Gasteiger partial charge < -0.3 is 32.5 Å². The fourth-order valence-corrected chi connectivity index (χ4v) is 3.04. The molecular weight excluding hydrogens is 434 g/mol. The van der Waals surface area contributed by atoms with Crippen LogP contribution >= 0.6 is 24.4 Å². The van der Waals surface area contributed by atoms with Crippen molar-refractivity contribution in [2.75, 3.05) is 17.8 Å². The van der Waals surface area contributed by atoms with Gasteiger partial charge in [0.15, 0.2) is 0 Å². The van der Waals surface area contributed by atoms with Crippen LogP contribution in [-0.4, -0.2) is 76.6 Å². The van der Waals surface area contributed by atoms with Crippen LogP contribution in [0.25, 0.3) is 0 Å². The monoisotopic (exact) mass is 465 g/mol. The smallest absolute Gasteiger partial charge is 0.327 e. The first-order valence-corrected chi connectivity index (χ1v) is 11.2. The molecule has 0 aromatic heterocycles. The second kappa shape index (κ2) is 14.1. The molecule has 30 heavy (non-hydrogen) atoms. The number of hydrogen-bond acceptors (Lipinski definition) is 8. The zero-order valence-corrected chi connectivity index (χ0v) is 18.9. The van der Waals surface area contributed by atoms with Crippen LogP contribution in [0, 0.1) is 5.92 Å². The van der Waals surface area contributed by atoms with E-state index in [9.17, 15) is 24.0 Å². The molecule has 0 bridgehead atoms. The van der Waals surface area contributed by atoms with E-state index in [4.69, 9.17) is 16.6 Å². The van der Waals surface area contributed by atoms with E-state index < -0.39 is 66.1 Å². The standard InChI is InChI=1S/C17H31N5O6S2/c1-8(2)13(16(26)21-11(7-29)17(27)28)22-15(25)10(6-12(19)23)20-14(24)9(18)4-5-30-3/h8-11,13,29H,4-7,18H2,1-3H3,(H2,19,23)(H,20,24)(H,21,26)(H,22,25)(H,27,28). The van der Waals surface area contributed by atoms with Gasteiger partial charge >= 0.3 is 5.97 Å². The number of thiol groups is 1. The molecule has 0 rings (SSSR count). The Bertz CT molecular complexity index is 634. The van der Waals surface area contributed by atoms with E-state index in [0.29, 0.717) is 12.2 Å². The molecule has 172 valence electrons. The Morgan fingerprint density at radius 1 is 1.00 bits per heavy atom. The maximum atomic E-state index is 12.7. The first-order valence-electron chi connectivity index (χ1n) is 9.22. The van der Waals surface area contributed by atoms with Crippen LogP contribution in [0.3, 0.4) is 0 Å². The van der Waals surface area contributed by atoms with Crippen molar-refractivity contribution in [3.63, 3.8) is 0 Å². The van der Waals surface area contributed by atoms with E-state index in [1.54, 1.807) is 13.8 Å². The Hall–Kier alpha value is -1.99. The van der Waals surface area contributed by atoms with E-state index in [-0.39, 0.29) is 5.75 Å². The van der Waals surface area contributed by atoms with Crippen molar-refractivity contribution < 1.29 is 29.1 Å². The Kier molecular flexibility index (Phi) is 13.2. The molecule has 0 saturated heterocycles. The third-order valence-corrected chi connectivity index (χ3v) is 5.06. The quantitative estimate of drug-likeness (QED) is 0.144. The fraction of sp³-hybridized carbons (Fsp3) is 0.706. The highest BCUT2D eigenvalue weighted by Gasteiger charge is 2.32. The summed E-state index contributed by atoms with van der Waals surface area (Å²) in [7, 11) is 0. The van der Waals surface area contributed by atoms with Crippen LogP contribution in [-0.2, 0) is 24.0 Å². The number of primary amides is 1. The average Bonchev–Trinajstić information content (AvgIpc) is 2.66. The SMILES string of the molecule is CSCCC(N)C(=O)NC(CC(N)=O)C(=O)NC(C(=O)NC(CS)C(=O)O)C(C)C. The van der Waals surface area contributed by atoms with Crippen molar-refractivity contribution in [3.8, 4) is 0 Å². The third-order valence-electron chi connectivity index (χ3n) is 4.05. The summed E-state index contributed by atoms with van der Waals surface area (Å²) in [5.41, 5.74) is 11.0. The van der Waals surface area contributed by atoms with Crippen molar-refractivity contribution in [1.82, 2.24) is 16.0 Å². The lowest BCUT2D eigenvalue weighted by molar-refractivity contribution is -0.142. The molecule has 0 aliphatic rings. The van der Waals surface area contributed by atoms with E-state index >= 15 is 0 Å². The molecule has 0 spiro atoms. The number of aliphatic carboxylic acids is 1. The number of amides is 4. The normalized spacial score (nSPS) is 14.9. The van der Waals surface area contributed by atoms with Crippen molar-refractivity contribution in [2.24, 2.45) is 17.4 Å². The Morgan fingerprint density at radius 2 is 1.57 bits per heavy atom. The molecule has 0 aliphatic carbocycles. The molecule has 0 aromatic rings. The van der Waals surface area contributed by atoms with Crippen LogP contribution in [0.15, 0.2) is 0 Å². The summed E-state index contributed by atoms with van der Waals surface area (Å²) in [6.45, 7) is 3.28. The predicted molar refractivity (Wildman–Crippen MR) is 117 cm³/mol. The van der Waals surface area contributed by atoms with Gasteiger partial charge in [0.1, 0.15) is 18.1 Å². The topological polar surface area (TPSA) is 194 Å². The predicted octanol–water partition coefficient (Wildman–Crippen LogP) is -1.93. The van der Waals surface area contributed by atoms with E-state index in [1.807, 2.05) is 6.26 Å².